The Morgan fingerprint density at radius 3 is 2.53 bits per heavy atom. The lowest BCUT2D eigenvalue weighted by Crippen LogP contribution is -2.59. The van der Waals surface area contributed by atoms with Crippen LogP contribution in [0.25, 0.3) is 0 Å². The molecule has 0 heterocycles. The minimum atomic E-state index is -1.04. The molecular formula is C27H39NO4. The number of Topliss-reactive ketones (excluding diaryl/α,β-unsaturated/α-hetero) is 1. The zero-order valence-corrected chi connectivity index (χ0v) is 20.4. The maximum absolute atomic E-state index is 13.1. The molecule has 4 rings (SSSR count). The summed E-state index contributed by atoms with van der Waals surface area (Å²) in [4.78, 5) is 37.9. The molecule has 0 aliphatic heterocycles. The lowest BCUT2D eigenvalue weighted by atomic mass is 9.46. The van der Waals surface area contributed by atoms with E-state index < -0.39 is 11.7 Å². The van der Waals surface area contributed by atoms with E-state index in [0.717, 1.165) is 44.9 Å². The van der Waals surface area contributed by atoms with Crippen molar-refractivity contribution in [2.45, 2.75) is 91.6 Å². The zero-order valence-electron chi connectivity index (χ0n) is 20.4. The normalized spacial score (nSPS) is 40.4. The maximum atomic E-state index is 13.1. The summed E-state index contributed by atoms with van der Waals surface area (Å²) in [6.45, 7) is 10.9. The first-order valence-electron chi connectivity index (χ1n) is 12.5. The fourth-order valence-corrected chi connectivity index (χ4v) is 7.95. The van der Waals surface area contributed by atoms with Crippen LogP contribution in [-0.4, -0.2) is 29.8 Å². The molecule has 0 bridgehead atoms. The Kier molecular flexibility index (Phi) is 5.92. The summed E-state index contributed by atoms with van der Waals surface area (Å²) in [6.07, 6.45) is 10.5. The van der Waals surface area contributed by atoms with Crippen molar-refractivity contribution in [3.63, 3.8) is 0 Å². The summed E-state index contributed by atoms with van der Waals surface area (Å²) in [5.74, 6) is 1.38. The van der Waals surface area contributed by atoms with Gasteiger partial charge in [0.25, 0.3) is 0 Å². The van der Waals surface area contributed by atoms with Crippen molar-refractivity contribution >= 4 is 17.7 Å². The number of ketones is 2. The molecule has 0 spiro atoms. The molecule has 3 saturated carbocycles. The second-order valence-electron chi connectivity index (χ2n) is 11.1. The van der Waals surface area contributed by atoms with Gasteiger partial charge in [0, 0.05) is 17.4 Å². The van der Waals surface area contributed by atoms with Crippen molar-refractivity contribution in [2.24, 2.45) is 28.6 Å². The largest absolute Gasteiger partial charge is 0.434 e. The third kappa shape index (κ3) is 3.21. The first-order valence-corrected chi connectivity index (χ1v) is 12.5. The van der Waals surface area contributed by atoms with E-state index in [2.05, 4.69) is 33.0 Å². The van der Waals surface area contributed by atoms with Crippen molar-refractivity contribution in [1.82, 2.24) is 5.32 Å². The molecule has 1 N–H and O–H groups in total. The van der Waals surface area contributed by atoms with E-state index in [0.29, 0.717) is 30.7 Å². The molecular weight excluding hydrogens is 402 g/mol. The predicted molar refractivity (Wildman–Crippen MR) is 124 cm³/mol. The lowest BCUT2D eigenvalue weighted by molar-refractivity contribution is -0.159. The van der Waals surface area contributed by atoms with Gasteiger partial charge in [-0.15, -0.1) is 0 Å². The number of allylic oxidation sites excluding steroid dienone is 4. The Bertz CT molecular complexity index is 888. The summed E-state index contributed by atoms with van der Waals surface area (Å²) in [6, 6.07) is 0. The molecule has 5 heteroatoms. The Hall–Kier alpha value is -1.91. The average Bonchev–Trinajstić information content (AvgIpc) is 3.03. The summed E-state index contributed by atoms with van der Waals surface area (Å²) in [5.41, 5.74) is 1.01. The summed E-state index contributed by atoms with van der Waals surface area (Å²) in [5, 5.41) is 2.85. The standard InChI is InChI=1S/C27H39NO4/c1-6-7-14-28-24(31)32-27(18(3)29)13-11-22-21-9-8-19-16-20(30)15-17(2)26(19,5)23(21)10-12-25(22,27)4/h15-16,21-23H,6-14H2,1-5H3,(H,28,31)/t21-,22-,23-,25-,26-,27-/m0/s1. The van der Waals surface area contributed by atoms with E-state index in [1.54, 1.807) is 6.92 Å². The molecule has 0 aromatic carbocycles. The van der Waals surface area contributed by atoms with Gasteiger partial charge in [-0.05, 0) is 88.7 Å². The molecule has 32 heavy (non-hydrogen) atoms. The Morgan fingerprint density at radius 1 is 1.12 bits per heavy atom. The van der Waals surface area contributed by atoms with Crippen molar-refractivity contribution in [3.8, 4) is 0 Å². The number of unbranched alkanes of at least 4 members (excludes halogenated alkanes) is 1. The van der Waals surface area contributed by atoms with Crippen LogP contribution in [0.1, 0.15) is 86.0 Å². The first-order chi connectivity index (χ1) is 15.1. The summed E-state index contributed by atoms with van der Waals surface area (Å²) in [7, 11) is 0. The second-order valence-corrected chi connectivity index (χ2v) is 11.1. The van der Waals surface area contributed by atoms with Gasteiger partial charge in [-0.3, -0.25) is 9.59 Å². The Balaban J connectivity index is 1.63. The van der Waals surface area contributed by atoms with Gasteiger partial charge in [0.15, 0.2) is 17.2 Å². The van der Waals surface area contributed by atoms with Crippen molar-refractivity contribution in [2.75, 3.05) is 6.54 Å². The number of nitrogens with one attached hydrogen (secondary N) is 1. The molecule has 5 nitrogen and oxygen atoms in total. The van der Waals surface area contributed by atoms with Gasteiger partial charge < -0.3 is 10.1 Å². The van der Waals surface area contributed by atoms with Gasteiger partial charge in [0.1, 0.15) is 0 Å². The van der Waals surface area contributed by atoms with Crippen LogP contribution in [-0.2, 0) is 14.3 Å². The molecule has 6 atom stereocenters. The third-order valence-electron chi connectivity index (χ3n) is 9.84. The number of ether oxygens (including phenoxy) is 1. The maximum Gasteiger partial charge on any atom is 0.408 e. The first kappa shape index (κ1) is 23.3. The molecule has 1 amide bonds. The minimum Gasteiger partial charge on any atom is -0.434 e. The Morgan fingerprint density at radius 2 is 1.84 bits per heavy atom. The van der Waals surface area contributed by atoms with Gasteiger partial charge >= 0.3 is 6.09 Å². The number of rotatable bonds is 5. The van der Waals surface area contributed by atoms with Gasteiger partial charge in [-0.1, -0.05) is 38.3 Å². The fraction of sp³-hybridized carbons (Fsp3) is 0.741. The number of alkyl carbamates (subject to hydrolysis) is 1. The lowest BCUT2D eigenvalue weighted by Gasteiger charge is -2.59. The van der Waals surface area contributed by atoms with E-state index in [9.17, 15) is 14.4 Å². The van der Waals surface area contributed by atoms with Crippen molar-refractivity contribution < 1.29 is 19.1 Å². The molecule has 4 aliphatic carbocycles. The van der Waals surface area contributed by atoms with Gasteiger partial charge in [-0.25, -0.2) is 4.79 Å². The fourth-order valence-electron chi connectivity index (χ4n) is 7.95. The van der Waals surface area contributed by atoms with Crippen LogP contribution in [0.5, 0.6) is 0 Å². The summed E-state index contributed by atoms with van der Waals surface area (Å²) < 4.78 is 6.06. The zero-order chi connectivity index (χ0) is 23.3. The topological polar surface area (TPSA) is 72.5 Å². The van der Waals surface area contributed by atoms with Crippen LogP contribution >= 0.6 is 0 Å². The van der Waals surface area contributed by atoms with E-state index in [1.165, 1.54) is 11.1 Å². The van der Waals surface area contributed by atoms with E-state index in [4.69, 9.17) is 4.74 Å². The van der Waals surface area contributed by atoms with Gasteiger partial charge in [0.05, 0.1) is 0 Å². The quantitative estimate of drug-likeness (QED) is 0.569. The van der Waals surface area contributed by atoms with Crippen LogP contribution in [0.15, 0.2) is 23.3 Å². The number of carbonyl (C=O) groups excluding carboxylic acids is 3. The smallest absolute Gasteiger partial charge is 0.408 e. The van der Waals surface area contributed by atoms with E-state index >= 15 is 0 Å². The molecule has 0 aromatic rings. The van der Waals surface area contributed by atoms with Crippen molar-refractivity contribution in [3.05, 3.63) is 23.3 Å². The number of fused-ring (bicyclic) bond motifs is 5. The SMILES string of the molecule is CCCCNC(=O)O[C@]1(C(C)=O)CC[C@H]2[C@@H]3CCC4=CC(=O)C=C(C)[C@]4(C)[C@H]3CC[C@@]21C. The van der Waals surface area contributed by atoms with Gasteiger partial charge in [0.2, 0.25) is 0 Å². The highest BCUT2D eigenvalue weighted by atomic mass is 16.6. The molecule has 0 aromatic heterocycles. The molecule has 4 aliphatic rings. The number of hydrogen-bond acceptors (Lipinski definition) is 4. The van der Waals surface area contributed by atoms with E-state index in [-0.39, 0.29) is 22.4 Å². The number of amides is 1. The third-order valence-corrected chi connectivity index (χ3v) is 9.84. The highest BCUT2D eigenvalue weighted by Gasteiger charge is 2.68. The Labute approximate surface area is 192 Å². The number of carbonyl (C=O) groups is 3. The molecule has 176 valence electrons. The molecule has 0 radical (unpaired) electrons. The highest BCUT2D eigenvalue weighted by molar-refractivity contribution is 6.02. The van der Waals surface area contributed by atoms with Crippen LogP contribution in [0, 0.1) is 28.6 Å². The number of hydrogen-bond donors (Lipinski definition) is 1. The average molecular weight is 442 g/mol. The van der Waals surface area contributed by atoms with Crippen LogP contribution in [0.4, 0.5) is 4.79 Å². The summed E-state index contributed by atoms with van der Waals surface area (Å²) >= 11 is 0. The van der Waals surface area contributed by atoms with Crippen LogP contribution < -0.4 is 5.32 Å². The minimum absolute atomic E-state index is 0.0199. The van der Waals surface area contributed by atoms with E-state index in [1.807, 2.05) is 12.2 Å². The van der Waals surface area contributed by atoms with Crippen LogP contribution in [0.2, 0.25) is 0 Å². The monoisotopic (exact) mass is 441 g/mol. The molecule has 3 fully saturated rings. The van der Waals surface area contributed by atoms with Crippen LogP contribution in [0.3, 0.4) is 0 Å². The second kappa shape index (κ2) is 8.14. The highest BCUT2D eigenvalue weighted by Crippen LogP contribution is 2.68. The van der Waals surface area contributed by atoms with Crippen molar-refractivity contribution in [1.29, 1.82) is 0 Å². The molecule has 0 unspecified atom stereocenters. The van der Waals surface area contributed by atoms with Gasteiger partial charge in [-0.2, -0.15) is 0 Å². The molecule has 0 saturated heterocycles. The predicted octanol–water partition coefficient (Wildman–Crippen LogP) is 5.54.